The van der Waals surface area contributed by atoms with Gasteiger partial charge in [0.15, 0.2) is 0 Å². The molecule has 0 saturated heterocycles. The van der Waals surface area contributed by atoms with Crippen LogP contribution in [0.1, 0.15) is 21.5 Å². The molecule has 0 radical (unpaired) electrons. The van der Waals surface area contributed by atoms with Crippen molar-refractivity contribution < 1.29 is 4.79 Å². The van der Waals surface area contributed by atoms with Gasteiger partial charge in [-0.1, -0.05) is 40.9 Å². The van der Waals surface area contributed by atoms with E-state index in [1.807, 2.05) is 64.2 Å². The molecule has 0 fully saturated rings. The highest BCUT2D eigenvalue weighted by molar-refractivity contribution is 6.37. The van der Waals surface area contributed by atoms with Gasteiger partial charge in [-0.25, -0.2) is 0 Å². The highest BCUT2D eigenvalue weighted by Gasteiger charge is 2.08. The zero-order valence-electron chi connectivity index (χ0n) is 10.9. The predicted molar refractivity (Wildman–Crippen MR) is 78.5 cm³/mol. The number of hydrogen-bond acceptors (Lipinski definition) is 1. The molecule has 0 spiro atoms. The molecule has 0 unspecified atom stereocenters. The molecule has 1 N–H and O–H groups in total. The monoisotopic (exact) mass is 237 g/mol. The number of amides is 1. The molecule has 0 aliphatic carbocycles. The van der Waals surface area contributed by atoms with Crippen molar-refractivity contribution in [1.29, 1.82) is 0 Å². The van der Waals surface area contributed by atoms with Gasteiger partial charge in [0.05, 0.1) is 0 Å². The van der Waals surface area contributed by atoms with Gasteiger partial charge in [0.2, 0.25) is 0 Å². The molecule has 3 heteroatoms. The Hall–Kier alpha value is -2.03. The minimum Gasteiger partial charge on any atom is -0.322 e. The Labute approximate surface area is 108 Å². The Balaban J connectivity index is 2.21. The Kier molecular flexibility index (Phi) is 3.51. The maximum Gasteiger partial charge on any atom is 0.255 e. The van der Waals surface area contributed by atoms with E-state index in [0.29, 0.717) is 0 Å². The van der Waals surface area contributed by atoms with Crippen molar-refractivity contribution in [2.24, 2.45) is 0 Å². The standard InChI is InChI=1S/C15H16BNO/c1-10-3-6-12(7-4-10)17-15(18)13-9-11(2)5-8-14(13)16/h3-9H,16H2,1-2H3,(H,17,18). The third kappa shape index (κ3) is 2.80. The minimum atomic E-state index is -0.0555. The average molecular weight is 237 g/mol. The van der Waals surface area contributed by atoms with E-state index >= 15 is 0 Å². The molecule has 0 bridgehead atoms. The SMILES string of the molecule is Bc1ccc(C)cc1C(=O)Nc1ccc(C)cc1. The molecule has 18 heavy (non-hydrogen) atoms. The third-order valence-electron chi connectivity index (χ3n) is 2.95. The van der Waals surface area contributed by atoms with Crippen LogP contribution in [0.5, 0.6) is 0 Å². The van der Waals surface area contributed by atoms with E-state index in [1.54, 1.807) is 0 Å². The number of benzene rings is 2. The highest BCUT2D eigenvalue weighted by Crippen LogP contribution is 2.10. The number of carbonyl (C=O) groups excluding carboxylic acids is 1. The van der Waals surface area contributed by atoms with Crippen LogP contribution in [-0.2, 0) is 0 Å². The molecule has 0 heterocycles. The maximum absolute atomic E-state index is 12.2. The van der Waals surface area contributed by atoms with Gasteiger partial charge < -0.3 is 5.32 Å². The van der Waals surface area contributed by atoms with Gasteiger partial charge in [-0.3, -0.25) is 4.79 Å². The zero-order valence-corrected chi connectivity index (χ0v) is 10.9. The summed E-state index contributed by atoms with van der Waals surface area (Å²) in [5.41, 5.74) is 4.82. The van der Waals surface area contributed by atoms with Gasteiger partial charge in [0, 0.05) is 11.3 Å². The molecule has 90 valence electrons. The first kappa shape index (κ1) is 12.4. The van der Waals surface area contributed by atoms with E-state index in [0.717, 1.165) is 22.3 Å². The second-order valence-electron chi connectivity index (χ2n) is 4.64. The molecule has 0 atom stereocenters. The van der Waals surface area contributed by atoms with Crippen LogP contribution in [0.15, 0.2) is 42.5 Å². The van der Waals surface area contributed by atoms with Gasteiger partial charge in [-0.15, -0.1) is 0 Å². The Bertz CT molecular complexity index is 576. The summed E-state index contributed by atoms with van der Waals surface area (Å²) in [5.74, 6) is -0.0555. The van der Waals surface area contributed by atoms with Crippen molar-refractivity contribution in [2.75, 3.05) is 5.32 Å². The lowest BCUT2D eigenvalue weighted by Gasteiger charge is -2.09. The van der Waals surface area contributed by atoms with Crippen molar-refractivity contribution in [1.82, 2.24) is 0 Å². The molecule has 2 aromatic carbocycles. The first-order valence-electron chi connectivity index (χ1n) is 6.01. The normalized spacial score (nSPS) is 10.1. The van der Waals surface area contributed by atoms with Crippen molar-refractivity contribution in [3.63, 3.8) is 0 Å². The number of aryl methyl sites for hydroxylation is 2. The van der Waals surface area contributed by atoms with Crippen LogP contribution >= 0.6 is 0 Å². The number of hydrogen-bond donors (Lipinski definition) is 1. The summed E-state index contributed by atoms with van der Waals surface area (Å²) in [7, 11) is 1.95. The Morgan fingerprint density at radius 3 is 2.28 bits per heavy atom. The lowest BCUT2D eigenvalue weighted by atomic mass is 9.89. The van der Waals surface area contributed by atoms with Crippen molar-refractivity contribution in [3.05, 3.63) is 59.2 Å². The van der Waals surface area contributed by atoms with Crippen LogP contribution in [0.3, 0.4) is 0 Å². The number of rotatable bonds is 2. The predicted octanol–water partition coefficient (Wildman–Crippen LogP) is 1.81. The van der Waals surface area contributed by atoms with E-state index < -0.39 is 0 Å². The molecule has 0 aliphatic heterocycles. The lowest BCUT2D eigenvalue weighted by molar-refractivity contribution is 0.102. The topological polar surface area (TPSA) is 29.1 Å². The van der Waals surface area contributed by atoms with Crippen molar-refractivity contribution >= 4 is 24.9 Å². The molecule has 0 aliphatic rings. The van der Waals surface area contributed by atoms with E-state index in [9.17, 15) is 4.79 Å². The highest BCUT2D eigenvalue weighted by atomic mass is 16.1. The first-order chi connectivity index (χ1) is 8.56. The lowest BCUT2D eigenvalue weighted by Crippen LogP contribution is -2.21. The fourth-order valence-corrected chi connectivity index (χ4v) is 1.82. The van der Waals surface area contributed by atoms with E-state index in [-0.39, 0.29) is 5.91 Å². The average Bonchev–Trinajstić information content (AvgIpc) is 2.35. The summed E-state index contributed by atoms with van der Waals surface area (Å²) in [6.45, 7) is 4.01. The van der Waals surface area contributed by atoms with Crippen LogP contribution in [0.25, 0.3) is 0 Å². The molecular formula is C15H16BNO. The molecule has 1 amide bonds. The van der Waals surface area contributed by atoms with Crippen LogP contribution in [0.2, 0.25) is 0 Å². The Morgan fingerprint density at radius 1 is 1.00 bits per heavy atom. The number of anilines is 1. The van der Waals surface area contributed by atoms with Crippen LogP contribution in [0.4, 0.5) is 5.69 Å². The van der Waals surface area contributed by atoms with Crippen LogP contribution in [-0.4, -0.2) is 13.8 Å². The zero-order chi connectivity index (χ0) is 13.1. The van der Waals surface area contributed by atoms with Crippen molar-refractivity contribution in [2.45, 2.75) is 13.8 Å². The quantitative estimate of drug-likeness (QED) is 0.793. The summed E-state index contributed by atoms with van der Waals surface area (Å²) in [4.78, 5) is 12.2. The summed E-state index contributed by atoms with van der Waals surface area (Å²) in [6, 6.07) is 13.7. The largest absolute Gasteiger partial charge is 0.322 e. The van der Waals surface area contributed by atoms with Gasteiger partial charge >= 0.3 is 0 Å². The first-order valence-corrected chi connectivity index (χ1v) is 6.01. The summed E-state index contributed by atoms with van der Waals surface area (Å²) in [6.07, 6.45) is 0. The molecule has 2 nitrogen and oxygen atoms in total. The number of carbonyl (C=O) groups is 1. The summed E-state index contributed by atoms with van der Waals surface area (Å²) < 4.78 is 0. The minimum absolute atomic E-state index is 0.0555. The van der Waals surface area contributed by atoms with E-state index in [1.165, 1.54) is 5.56 Å². The fraction of sp³-hybridized carbons (Fsp3) is 0.133. The molecule has 0 aromatic heterocycles. The van der Waals surface area contributed by atoms with Gasteiger partial charge in [0.1, 0.15) is 7.85 Å². The summed E-state index contributed by atoms with van der Waals surface area (Å²) >= 11 is 0. The maximum atomic E-state index is 12.2. The molecule has 2 rings (SSSR count). The Morgan fingerprint density at radius 2 is 1.61 bits per heavy atom. The van der Waals surface area contributed by atoms with Gasteiger partial charge in [-0.05, 0) is 32.0 Å². The second kappa shape index (κ2) is 5.09. The second-order valence-corrected chi connectivity index (χ2v) is 4.64. The number of nitrogens with one attached hydrogen (secondary N) is 1. The van der Waals surface area contributed by atoms with Crippen LogP contribution < -0.4 is 10.8 Å². The molecule has 2 aromatic rings. The van der Waals surface area contributed by atoms with Crippen molar-refractivity contribution in [3.8, 4) is 0 Å². The molecular weight excluding hydrogens is 221 g/mol. The van der Waals surface area contributed by atoms with E-state index in [4.69, 9.17) is 0 Å². The summed E-state index contributed by atoms with van der Waals surface area (Å²) in [5, 5.41) is 2.91. The fourth-order valence-electron chi connectivity index (χ4n) is 1.82. The molecule has 0 saturated carbocycles. The van der Waals surface area contributed by atoms with Gasteiger partial charge in [0.25, 0.3) is 5.91 Å². The smallest absolute Gasteiger partial charge is 0.255 e. The third-order valence-corrected chi connectivity index (χ3v) is 2.95. The van der Waals surface area contributed by atoms with Gasteiger partial charge in [-0.2, -0.15) is 0 Å². The van der Waals surface area contributed by atoms with Crippen LogP contribution in [0, 0.1) is 13.8 Å². The van der Waals surface area contributed by atoms with E-state index in [2.05, 4.69) is 5.32 Å².